The maximum absolute atomic E-state index is 12.6. The lowest BCUT2D eigenvalue weighted by molar-refractivity contribution is -0.131. The Morgan fingerprint density at radius 1 is 1.33 bits per heavy atom. The van der Waals surface area contributed by atoms with Crippen molar-refractivity contribution in [3.05, 3.63) is 33.8 Å². The van der Waals surface area contributed by atoms with E-state index >= 15 is 0 Å². The molecule has 1 fully saturated rings. The number of halogens is 2. The predicted octanol–water partition coefficient (Wildman–Crippen LogP) is 2.80. The van der Waals surface area contributed by atoms with E-state index in [4.69, 9.17) is 27.9 Å². The third kappa shape index (κ3) is 3.00. The Hall–Kier alpha value is -1.30. The van der Waals surface area contributed by atoms with Crippen LogP contribution in [0.15, 0.2) is 18.2 Å². The van der Waals surface area contributed by atoms with Gasteiger partial charge >= 0.3 is 6.03 Å². The van der Waals surface area contributed by atoms with E-state index < -0.39 is 11.6 Å². The minimum Gasteiger partial charge on any atom is -0.380 e. The van der Waals surface area contributed by atoms with Gasteiger partial charge in [0.2, 0.25) is 0 Å². The molecule has 0 radical (unpaired) electrons. The second-order valence-electron chi connectivity index (χ2n) is 4.83. The molecule has 0 unspecified atom stereocenters. The van der Waals surface area contributed by atoms with Gasteiger partial charge in [-0.1, -0.05) is 29.3 Å². The van der Waals surface area contributed by atoms with Crippen molar-refractivity contribution in [2.75, 3.05) is 19.8 Å². The minimum atomic E-state index is -1.19. The molecule has 1 saturated heterocycles. The summed E-state index contributed by atoms with van der Waals surface area (Å²) < 4.78 is 5.19. The van der Waals surface area contributed by atoms with Crippen molar-refractivity contribution in [2.45, 2.75) is 19.4 Å². The highest BCUT2D eigenvalue weighted by molar-refractivity contribution is 6.35. The van der Waals surface area contributed by atoms with Gasteiger partial charge in [-0.05, 0) is 26.0 Å². The van der Waals surface area contributed by atoms with Gasteiger partial charge in [0.1, 0.15) is 5.54 Å². The van der Waals surface area contributed by atoms with E-state index in [9.17, 15) is 9.59 Å². The number of nitrogens with zero attached hydrogens (tertiary/aromatic N) is 1. The van der Waals surface area contributed by atoms with Gasteiger partial charge in [0.25, 0.3) is 5.91 Å². The number of urea groups is 1. The molecule has 3 amide bonds. The summed E-state index contributed by atoms with van der Waals surface area (Å²) in [4.78, 5) is 25.7. The molecule has 1 heterocycles. The molecule has 0 spiro atoms. The molecule has 1 atom stereocenters. The average Bonchev–Trinajstić information content (AvgIpc) is 2.62. The summed E-state index contributed by atoms with van der Waals surface area (Å²) in [6, 6.07) is 4.38. The molecule has 1 aromatic carbocycles. The van der Waals surface area contributed by atoms with Gasteiger partial charge in [-0.25, -0.2) is 4.79 Å². The van der Waals surface area contributed by atoms with E-state index in [0.29, 0.717) is 28.8 Å². The first-order valence-corrected chi connectivity index (χ1v) is 7.33. The topological polar surface area (TPSA) is 58.6 Å². The van der Waals surface area contributed by atoms with Gasteiger partial charge < -0.3 is 10.1 Å². The fourth-order valence-corrected chi connectivity index (χ4v) is 2.88. The van der Waals surface area contributed by atoms with E-state index in [0.717, 1.165) is 4.90 Å². The minimum absolute atomic E-state index is 0.208. The van der Waals surface area contributed by atoms with Crippen LogP contribution in [-0.2, 0) is 15.1 Å². The third-order valence-electron chi connectivity index (χ3n) is 3.41. The quantitative estimate of drug-likeness (QED) is 0.667. The highest BCUT2D eigenvalue weighted by Gasteiger charge is 2.49. The molecule has 0 aromatic heterocycles. The van der Waals surface area contributed by atoms with Crippen LogP contribution < -0.4 is 5.32 Å². The fourth-order valence-electron chi connectivity index (χ4n) is 2.28. The molecule has 21 heavy (non-hydrogen) atoms. The smallest absolute Gasteiger partial charge is 0.325 e. The summed E-state index contributed by atoms with van der Waals surface area (Å²) in [6.07, 6.45) is 0. The molecule has 7 heteroatoms. The van der Waals surface area contributed by atoms with Crippen molar-refractivity contribution in [2.24, 2.45) is 0 Å². The van der Waals surface area contributed by atoms with Crippen molar-refractivity contribution in [1.29, 1.82) is 0 Å². The van der Waals surface area contributed by atoms with Gasteiger partial charge in [-0.3, -0.25) is 9.69 Å². The lowest BCUT2D eigenvalue weighted by Crippen LogP contribution is -2.41. The zero-order valence-electron chi connectivity index (χ0n) is 11.8. The number of benzene rings is 1. The summed E-state index contributed by atoms with van der Waals surface area (Å²) in [6.45, 7) is 4.52. The molecule has 1 N–H and O–H groups in total. The van der Waals surface area contributed by atoms with Gasteiger partial charge in [0.05, 0.1) is 13.2 Å². The maximum Gasteiger partial charge on any atom is 0.325 e. The normalized spacial score (nSPS) is 21.8. The molecule has 0 saturated carbocycles. The molecular weight excluding hydrogens is 315 g/mol. The van der Waals surface area contributed by atoms with Crippen LogP contribution in [0.1, 0.15) is 19.4 Å². The van der Waals surface area contributed by atoms with E-state index in [1.165, 1.54) is 0 Å². The molecule has 1 aromatic rings. The Balaban J connectivity index is 2.27. The summed E-state index contributed by atoms with van der Waals surface area (Å²) >= 11 is 12.0. The van der Waals surface area contributed by atoms with Gasteiger partial charge in [-0.2, -0.15) is 0 Å². The molecule has 1 aliphatic heterocycles. The molecule has 2 rings (SSSR count). The highest BCUT2D eigenvalue weighted by atomic mass is 35.5. The van der Waals surface area contributed by atoms with Crippen LogP contribution in [0.25, 0.3) is 0 Å². The second-order valence-corrected chi connectivity index (χ2v) is 5.68. The number of hydrogen-bond donors (Lipinski definition) is 1. The van der Waals surface area contributed by atoms with E-state index in [1.807, 2.05) is 6.92 Å². The van der Waals surface area contributed by atoms with Crippen LogP contribution in [0.3, 0.4) is 0 Å². The monoisotopic (exact) mass is 330 g/mol. The first-order chi connectivity index (χ1) is 9.90. The zero-order valence-corrected chi connectivity index (χ0v) is 13.3. The van der Waals surface area contributed by atoms with Crippen molar-refractivity contribution >= 4 is 35.1 Å². The zero-order chi connectivity index (χ0) is 15.6. The third-order valence-corrected chi connectivity index (χ3v) is 3.96. The van der Waals surface area contributed by atoms with Crippen LogP contribution >= 0.6 is 23.2 Å². The Bertz CT molecular complexity index is 579. The van der Waals surface area contributed by atoms with Crippen LogP contribution in [0.4, 0.5) is 4.79 Å². The Labute approximate surface area is 133 Å². The van der Waals surface area contributed by atoms with Crippen molar-refractivity contribution in [3.63, 3.8) is 0 Å². The molecule has 1 aliphatic rings. The number of hydrogen-bond acceptors (Lipinski definition) is 3. The van der Waals surface area contributed by atoms with Crippen molar-refractivity contribution in [1.82, 2.24) is 10.2 Å². The number of nitrogens with one attached hydrogen (secondary N) is 1. The Morgan fingerprint density at radius 3 is 2.67 bits per heavy atom. The first-order valence-electron chi connectivity index (χ1n) is 6.57. The predicted molar refractivity (Wildman–Crippen MR) is 80.6 cm³/mol. The lowest BCUT2D eigenvalue weighted by atomic mass is 9.92. The standard InChI is InChI=1S/C14H16Cl2N2O3/c1-3-21-7-6-18-12(19)14(2,17-13(18)20)10-5-4-9(15)8-11(10)16/h4-5,8H,3,6-7H2,1-2H3,(H,17,20)/t14-/m0/s1. The number of carbonyl (C=O) groups is 2. The van der Waals surface area contributed by atoms with Gasteiger partial charge in [-0.15, -0.1) is 0 Å². The van der Waals surface area contributed by atoms with Crippen molar-refractivity contribution < 1.29 is 14.3 Å². The van der Waals surface area contributed by atoms with Crippen molar-refractivity contribution in [3.8, 4) is 0 Å². The largest absolute Gasteiger partial charge is 0.380 e. The Kier molecular flexibility index (Phi) is 4.76. The van der Waals surface area contributed by atoms with Gasteiger partial charge in [0.15, 0.2) is 0 Å². The average molecular weight is 331 g/mol. The van der Waals surface area contributed by atoms with Crippen LogP contribution in [-0.4, -0.2) is 36.6 Å². The molecule has 0 aliphatic carbocycles. The lowest BCUT2D eigenvalue weighted by Gasteiger charge is -2.23. The van der Waals surface area contributed by atoms with Crippen LogP contribution in [0, 0.1) is 0 Å². The molecule has 0 bridgehead atoms. The number of imide groups is 1. The molecular formula is C14H16Cl2N2O3. The van der Waals surface area contributed by atoms with Crippen LogP contribution in [0.2, 0.25) is 10.0 Å². The van der Waals surface area contributed by atoms with E-state index in [-0.39, 0.29) is 12.5 Å². The van der Waals surface area contributed by atoms with Gasteiger partial charge in [0, 0.05) is 22.2 Å². The fraction of sp³-hybridized carbons (Fsp3) is 0.429. The number of carbonyl (C=O) groups excluding carboxylic acids is 2. The summed E-state index contributed by atoms with van der Waals surface area (Å²) in [5, 5.41) is 3.50. The first kappa shape index (κ1) is 16.1. The highest BCUT2D eigenvalue weighted by Crippen LogP contribution is 2.34. The van der Waals surface area contributed by atoms with E-state index in [1.54, 1.807) is 25.1 Å². The summed E-state index contributed by atoms with van der Waals surface area (Å²) in [7, 11) is 0. The summed E-state index contributed by atoms with van der Waals surface area (Å²) in [5.41, 5.74) is -0.670. The SMILES string of the molecule is CCOCCN1C(=O)N[C@@](C)(c2ccc(Cl)cc2Cl)C1=O. The number of ether oxygens (including phenoxy) is 1. The molecule has 5 nitrogen and oxygen atoms in total. The number of rotatable bonds is 5. The summed E-state index contributed by atoms with van der Waals surface area (Å²) in [5.74, 6) is -0.351. The van der Waals surface area contributed by atoms with Crippen LogP contribution in [0.5, 0.6) is 0 Å². The second kappa shape index (κ2) is 6.22. The Morgan fingerprint density at radius 2 is 2.05 bits per heavy atom. The number of amides is 3. The maximum atomic E-state index is 12.6. The van der Waals surface area contributed by atoms with E-state index in [2.05, 4.69) is 5.32 Å². The molecule has 114 valence electrons.